The number of rotatable bonds is 6. The van der Waals surface area contributed by atoms with Crippen LogP contribution in [0.3, 0.4) is 0 Å². The summed E-state index contributed by atoms with van der Waals surface area (Å²) in [6.07, 6.45) is 3.34. The fourth-order valence-corrected chi connectivity index (χ4v) is 2.54. The van der Waals surface area contributed by atoms with Gasteiger partial charge in [-0.05, 0) is 39.0 Å². The van der Waals surface area contributed by atoms with E-state index in [-0.39, 0.29) is 6.04 Å². The fourth-order valence-electron chi connectivity index (χ4n) is 2.54. The third kappa shape index (κ3) is 4.58. The summed E-state index contributed by atoms with van der Waals surface area (Å²) in [7, 11) is 0. The number of benzene rings is 1. The number of nitriles is 1. The monoisotopic (exact) mass is 375 g/mol. The number of aromatic nitrogens is 4. The lowest BCUT2D eigenvalue weighted by Crippen LogP contribution is -2.12. The van der Waals surface area contributed by atoms with Crippen LogP contribution in [0.4, 0.5) is 5.82 Å². The molecule has 0 aliphatic carbocycles. The first-order chi connectivity index (χ1) is 13.5. The first-order valence-electron chi connectivity index (χ1n) is 8.84. The Morgan fingerprint density at radius 1 is 1.18 bits per heavy atom. The molecule has 0 saturated heterocycles. The molecule has 0 aliphatic heterocycles. The first-order valence-corrected chi connectivity index (χ1v) is 8.84. The predicted molar refractivity (Wildman–Crippen MR) is 106 cm³/mol. The van der Waals surface area contributed by atoms with E-state index in [1.165, 1.54) is 0 Å². The highest BCUT2D eigenvalue weighted by atomic mass is 16.5. The molecule has 0 aliphatic rings. The summed E-state index contributed by atoms with van der Waals surface area (Å²) in [6, 6.07) is 9.14. The zero-order chi connectivity index (χ0) is 20.1. The highest BCUT2D eigenvalue weighted by molar-refractivity contribution is 5.66. The molecule has 142 valence electrons. The Morgan fingerprint density at radius 3 is 2.57 bits per heavy atom. The molecule has 3 rings (SSSR count). The zero-order valence-electron chi connectivity index (χ0n) is 16.0. The average Bonchev–Trinajstić information content (AvgIpc) is 2.67. The standard InChI is InChI=1S/C20H21N7O/c1-12(2)25-18-7-19(27-13(3)26-18)28-17-6-14(8-21)4-5-16(17)20-23-10-15(9-22)11-24-20/h4-7,10-12H,9,22H2,1-3H3,(H,25,26,27). The number of nitrogens with one attached hydrogen (secondary N) is 1. The second-order valence-electron chi connectivity index (χ2n) is 6.48. The normalized spacial score (nSPS) is 10.6. The van der Waals surface area contributed by atoms with E-state index in [0.717, 1.165) is 5.56 Å². The van der Waals surface area contributed by atoms with Crippen molar-refractivity contribution in [2.45, 2.75) is 33.4 Å². The van der Waals surface area contributed by atoms with E-state index in [2.05, 4.69) is 31.3 Å². The van der Waals surface area contributed by atoms with E-state index in [4.69, 9.17) is 10.5 Å². The van der Waals surface area contributed by atoms with Gasteiger partial charge in [0.05, 0.1) is 17.2 Å². The summed E-state index contributed by atoms with van der Waals surface area (Å²) in [5.74, 6) is 2.52. The number of aryl methyl sites for hydroxylation is 1. The molecular formula is C20H21N7O. The van der Waals surface area contributed by atoms with E-state index in [1.807, 2.05) is 13.8 Å². The van der Waals surface area contributed by atoms with Gasteiger partial charge in [0.2, 0.25) is 5.88 Å². The van der Waals surface area contributed by atoms with Crippen LogP contribution < -0.4 is 15.8 Å². The molecular weight excluding hydrogens is 354 g/mol. The van der Waals surface area contributed by atoms with Crippen molar-refractivity contribution < 1.29 is 4.74 Å². The topological polar surface area (TPSA) is 123 Å². The lowest BCUT2D eigenvalue weighted by atomic mass is 10.1. The SMILES string of the molecule is Cc1nc(NC(C)C)cc(Oc2cc(C#N)ccc2-c2ncc(CN)cn2)n1. The largest absolute Gasteiger partial charge is 0.438 e. The van der Waals surface area contributed by atoms with Gasteiger partial charge in [0, 0.05) is 36.6 Å². The highest BCUT2D eigenvalue weighted by Gasteiger charge is 2.13. The number of anilines is 1. The second kappa shape index (κ2) is 8.41. The molecule has 0 radical (unpaired) electrons. The minimum atomic E-state index is 0.217. The molecule has 0 saturated carbocycles. The van der Waals surface area contributed by atoms with Crippen LogP contribution in [0.15, 0.2) is 36.7 Å². The molecule has 0 atom stereocenters. The van der Waals surface area contributed by atoms with Crippen LogP contribution in [0, 0.1) is 18.3 Å². The summed E-state index contributed by atoms with van der Waals surface area (Å²) in [6.45, 7) is 6.20. The molecule has 0 bridgehead atoms. The van der Waals surface area contributed by atoms with Gasteiger partial charge in [-0.1, -0.05) is 0 Å². The van der Waals surface area contributed by atoms with E-state index in [0.29, 0.717) is 46.8 Å². The summed E-state index contributed by atoms with van der Waals surface area (Å²) >= 11 is 0. The van der Waals surface area contributed by atoms with Crippen LogP contribution in [0.25, 0.3) is 11.4 Å². The van der Waals surface area contributed by atoms with Gasteiger partial charge in [-0.3, -0.25) is 0 Å². The van der Waals surface area contributed by atoms with Crippen LogP contribution in [0.1, 0.15) is 30.8 Å². The van der Waals surface area contributed by atoms with Gasteiger partial charge in [0.15, 0.2) is 5.82 Å². The van der Waals surface area contributed by atoms with Gasteiger partial charge in [-0.25, -0.2) is 15.0 Å². The molecule has 0 amide bonds. The van der Waals surface area contributed by atoms with E-state index >= 15 is 0 Å². The summed E-state index contributed by atoms with van der Waals surface area (Å²) in [5, 5.41) is 12.5. The van der Waals surface area contributed by atoms with E-state index in [9.17, 15) is 5.26 Å². The van der Waals surface area contributed by atoms with Crippen molar-refractivity contribution in [3.63, 3.8) is 0 Å². The Kier molecular flexibility index (Phi) is 5.77. The molecule has 3 aromatic rings. The molecule has 3 N–H and O–H groups in total. The van der Waals surface area contributed by atoms with Crippen LogP contribution >= 0.6 is 0 Å². The van der Waals surface area contributed by atoms with E-state index < -0.39 is 0 Å². The summed E-state index contributed by atoms with van der Waals surface area (Å²) in [5.41, 5.74) is 7.55. The van der Waals surface area contributed by atoms with Crippen molar-refractivity contribution >= 4 is 5.82 Å². The molecule has 0 spiro atoms. The number of nitrogens with zero attached hydrogens (tertiary/aromatic N) is 5. The Hall–Kier alpha value is -3.57. The van der Waals surface area contributed by atoms with Gasteiger partial charge in [0.25, 0.3) is 0 Å². The molecule has 1 aromatic carbocycles. The summed E-state index contributed by atoms with van der Waals surface area (Å²) in [4.78, 5) is 17.4. The van der Waals surface area contributed by atoms with Crippen molar-refractivity contribution in [2.24, 2.45) is 5.73 Å². The van der Waals surface area contributed by atoms with Gasteiger partial charge in [-0.2, -0.15) is 10.2 Å². The lowest BCUT2D eigenvalue weighted by molar-refractivity contribution is 0.461. The Labute approximate surface area is 163 Å². The summed E-state index contributed by atoms with van der Waals surface area (Å²) < 4.78 is 6.02. The quantitative estimate of drug-likeness (QED) is 0.673. The maximum atomic E-state index is 9.26. The average molecular weight is 375 g/mol. The predicted octanol–water partition coefficient (Wildman–Crippen LogP) is 3.19. The second-order valence-corrected chi connectivity index (χ2v) is 6.48. The molecule has 0 fully saturated rings. The number of hydrogen-bond donors (Lipinski definition) is 2. The zero-order valence-corrected chi connectivity index (χ0v) is 16.0. The van der Waals surface area contributed by atoms with E-state index in [1.54, 1.807) is 43.6 Å². The maximum Gasteiger partial charge on any atom is 0.224 e. The third-order valence-electron chi connectivity index (χ3n) is 3.76. The van der Waals surface area contributed by atoms with Gasteiger partial charge >= 0.3 is 0 Å². The van der Waals surface area contributed by atoms with Crippen LogP contribution in [0.5, 0.6) is 11.6 Å². The minimum absolute atomic E-state index is 0.217. The Bertz CT molecular complexity index is 1010. The third-order valence-corrected chi connectivity index (χ3v) is 3.76. The molecule has 2 aromatic heterocycles. The van der Waals surface area contributed by atoms with Crippen molar-refractivity contribution in [2.75, 3.05) is 5.32 Å². The Morgan fingerprint density at radius 2 is 1.93 bits per heavy atom. The minimum Gasteiger partial charge on any atom is -0.438 e. The van der Waals surface area contributed by atoms with Crippen molar-refractivity contribution in [1.29, 1.82) is 5.26 Å². The van der Waals surface area contributed by atoms with Crippen LogP contribution in [-0.4, -0.2) is 26.0 Å². The van der Waals surface area contributed by atoms with Crippen LogP contribution in [-0.2, 0) is 6.54 Å². The lowest BCUT2D eigenvalue weighted by Gasteiger charge is -2.13. The number of nitrogens with two attached hydrogens (primary N) is 1. The first kappa shape index (κ1) is 19.2. The molecule has 2 heterocycles. The van der Waals surface area contributed by atoms with Crippen LogP contribution in [0.2, 0.25) is 0 Å². The maximum absolute atomic E-state index is 9.26. The smallest absolute Gasteiger partial charge is 0.224 e. The Balaban J connectivity index is 2.01. The van der Waals surface area contributed by atoms with Gasteiger partial charge in [-0.15, -0.1) is 0 Å². The van der Waals surface area contributed by atoms with Crippen molar-refractivity contribution in [1.82, 2.24) is 19.9 Å². The highest BCUT2D eigenvalue weighted by Crippen LogP contribution is 2.32. The molecule has 28 heavy (non-hydrogen) atoms. The molecule has 0 unspecified atom stereocenters. The fraction of sp³-hybridized carbons (Fsp3) is 0.250. The van der Waals surface area contributed by atoms with Crippen molar-refractivity contribution in [3.8, 4) is 29.1 Å². The molecule has 8 heteroatoms. The van der Waals surface area contributed by atoms with Gasteiger partial charge < -0.3 is 15.8 Å². The number of ether oxygens (including phenoxy) is 1. The van der Waals surface area contributed by atoms with Crippen molar-refractivity contribution in [3.05, 3.63) is 53.6 Å². The number of hydrogen-bond acceptors (Lipinski definition) is 8. The van der Waals surface area contributed by atoms with Gasteiger partial charge in [0.1, 0.15) is 17.4 Å². The molecule has 8 nitrogen and oxygen atoms in total.